The summed E-state index contributed by atoms with van der Waals surface area (Å²) in [5.41, 5.74) is 9.08. The van der Waals surface area contributed by atoms with Gasteiger partial charge in [0, 0.05) is 12.6 Å². The maximum atomic E-state index is 6.37. The van der Waals surface area contributed by atoms with Gasteiger partial charge in [0.05, 0.1) is 18.8 Å². The molecular formula is C17H27NO2. The van der Waals surface area contributed by atoms with Crippen molar-refractivity contribution in [2.24, 2.45) is 5.73 Å². The van der Waals surface area contributed by atoms with E-state index in [1.807, 2.05) is 6.92 Å². The maximum Gasteiger partial charge on any atom is 0.0843 e. The van der Waals surface area contributed by atoms with Crippen molar-refractivity contribution in [2.45, 2.75) is 57.8 Å². The lowest BCUT2D eigenvalue weighted by Crippen LogP contribution is -2.39. The van der Waals surface area contributed by atoms with E-state index in [2.05, 4.69) is 31.2 Å². The van der Waals surface area contributed by atoms with Gasteiger partial charge in [-0.25, -0.2) is 0 Å². The third-order valence-electron chi connectivity index (χ3n) is 4.01. The highest BCUT2D eigenvalue weighted by atomic mass is 16.5. The van der Waals surface area contributed by atoms with Gasteiger partial charge < -0.3 is 15.2 Å². The van der Waals surface area contributed by atoms with Gasteiger partial charge in [-0.1, -0.05) is 37.6 Å². The van der Waals surface area contributed by atoms with Crippen molar-refractivity contribution in [1.29, 1.82) is 0 Å². The van der Waals surface area contributed by atoms with Gasteiger partial charge in [0.25, 0.3) is 0 Å². The first-order valence-corrected chi connectivity index (χ1v) is 7.82. The molecule has 2 rings (SSSR count). The van der Waals surface area contributed by atoms with Crippen LogP contribution in [-0.4, -0.2) is 25.4 Å². The zero-order chi connectivity index (χ0) is 14.4. The fraction of sp³-hybridized carbons (Fsp3) is 0.647. The smallest absolute Gasteiger partial charge is 0.0843 e. The van der Waals surface area contributed by atoms with Gasteiger partial charge in [-0.3, -0.25) is 0 Å². The summed E-state index contributed by atoms with van der Waals surface area (Å²) in [7, 11) is 0. The zero-order valence-electron chi connectivity index (χ0n) is 12.7. The fourth-order valence-electron chi connectivity index (χ4n) is 2.99. The van der Waals surface area contributed by atoms with Crippen LogP contribution >= 0.6 is 0 Å². The zero-order valence-corrected chi connectivity index (χ0v) is 12.7. The molecule has 20 heavy (non-hydrogen) atoms. The van der Waals surface area contributed by atoms with Crippen LogP contribution in [0.4, 0.5) is 0 Å². The second kappa shape index (κ2) is 7.77. The second-order valence-electron chi connectivity index (χ2n) is 5.49. The second-order valence-corrected chi connectivity index (χ2v) is 5.49. The Hall–Kier alpha value is -0.900. The summed E-state index contributed by atoms with van der Waals surface area (Å²) in [4.78, 5) is 0. The van der Waals surface area contributed by atoms with E-state index in [1.54, 1.807) is 0 Å². The molecule has 0 saturated carbocycles. The van der Waals surface area contributed by atoms with E-state index >= 15 is 0 Å². The Kier molecular flexibility index (Phi) is 6.02. The SMILES string of the molecule is CCCC(OCC)C(N)CC1OCCc2ccccc21. The predicted molar refractivity (Wildman–Crippen MR) is 81.8 cm³/mol. The molecule has 0 aromatic heterocycles. The van der Waals surface area contributed by atoms with Crippen LogP contribution in [0.15, 0.2) is 24.3 Å². The minimum atomic E-state index is 0.0334. The van der Waals surface area contributed by atoms with Crippen molar-refractivity contribution in [3.63, 3.8) is 0 Å². The minimum absolute atomic E-state index is 0.0334. The molecule has 3 unspecified atom stereocenters. The Balaban J connectivity index is 2.02. The van der Waals surface area contributed by atoms with Crippen molar-refractivity contribution in [2.75, 3.05) is 13.2 Å². The van der Waals surface area contributed by atoms with Gasteiger partial charge in [0.15, 0.2) is 0 Å². The lowest BCUT2D eigenvalue weighted by molar-refractivity contribution is -0.00452. The first kappa shape index (κ1) is 15.5. The molecule has 0 amide bonds. The normalized spacial score (nSPS) is 21.2. The molecule has 1 aromatic carbocycles. The Labute approximate surface area is 122 Å². The van der Waals surface area contributed by atoms with E-state index < -0.39 is 0 Å². The van der Waals surface area contributed by atoms with E-state index in [1.165, 1.54) is 11.1 Å². The Morgan fingerprint density at radius 2 is 2.15 bits per heavy atom. The van der Waals surface area contributed by atoms with E-state index in [4.69, 9.17) is 15.2 Å². The van der Waals surface area contributed by atoms with Crippen LogP contribution in [-0.2, 0) is 15.9 Å². The number of benzene rings is 1. The van der Waals surface area contributed by atoms with Crippen LogP contribution in [0.25, 0.3) is 0 Å². The van der Waals surface area contributed by atoms with Crippen molar-refractivity contribution in [1.82, 2.24) is 0 Å². The summed E-state index contributed by atoms with van der Waals surface area (Å²) >= 11 is 0. The van der Waals surface area contributed by atoms with Crippen molar-refractivity contribution in [3.8, 4) is 0 Å². The third-order valence-corrected chi connectivity index (χ3v) is 4.01. The lowest BCUT2D eigenvalue weighted by Gasteiger charge is -2.31. The molecule has 3 heteroatoms. The minimum Gasteiger partial charge on any atom is -0.377 e. The van der Waals surface area contributed by atoms with Crippen molar-refractivity contribution < 1.29 is 9.47 Å². The third kappa shape index (κ3) is 3.81. The van der Waals surface area contributed by atoms with Gasteiger partial charge in [0.1, 0.15) is 0 Å². The Morgan fingerprint density at radius 1 is 1.35 bits per heavy atom. The molecule has 1 heterocycles. The van der Waals surface area contributed by atoms with Crippen molar-refractivity contribution >= 4 is 0 Å². The van der Waals surface area contributed by atoms with Crippen LogP contribution in [0.1, 0.15) is 50.3 Å². The Bertz CT molecular complexity index is 402. The predicted octanol–water partition coefficient (Wildman–Crippen LogP) is 3.22. The molecule has 0 spiro atoms. The summed E-state index contributed by atoms with van der Waals surface area (Å²) in [5.74, 6) is 0. The number of nitrogens with two attached hydrogens (primary N) is 1. The van der Waals surface area contributed by atoms with Crippen molar-refractivity contribution in [3.05, 3.63) is 35.4 Å². The van der Waals surface area contributed by atoms with E-state index in [0.29, 0.717) is 0 Å². The topological polar surface area (TPSA) is 44.5 Å². The van der Waals surface area contributed by atoms with E-state index in [-0.39, 0.29) is 18.2 Å². The number of hydrogen-bond acceptors (Lipinski definition) is 3. The fourth-order valence-corrected chi connectivity index (χ4v) is 2.99. The van der Waals surface area contributed by atoms with Crippen LogP contribution < -0.4 is 5.73 Å². The van der Waals surface area contributed by atoms with Crippen LogP contribution in [0, 0.1) is 0 Å². The summed E-state index contributed by atoms with van der Waals surface area (Å²) in [6, 6.07) is 8.58. The number of ether oxygens (including phenoxy) is 2. The molecule has 0 aliphatic carbocycles. The monoisotopic (exact) mass is 277 g/mol. The molecule has 3 atom stereocenters. The van der Waals surface area contributed by atoms with E-state index in [9.17, 15) is 0 Å². The lowest BCUT2D eigenvalue weighted by atomic mass is 9.91. The maximum absolute atomic E-state index is 6.37. The molecule has 0 radical (unpaired) electrons. The highest BCUT2D eigenvalue weighted by molar-refractivity contribution is 5.31. The standard InChI is InChI=1S/C17H27NO2/c1-3-7-16(19-4-2)15(18)12-17-14-9-6-5-8-13(14)10-11-20-17/h5-6,8-9,15-17H,3-4,7,10-12,18H2,1-2H3. The molecule has 0 saturated heterocycles. The average Bonchev–Trinajstić information content (AvgIpc) is 2.47. The molecule has 112 valence electrons. The van der Waals surface area contributed by atoms with Gasteiger partial charge in [-0.05, 0) is 37.3 Å². The Morgan fingerprint density at radius 3 is 2.90 bits per heavy atom. The largest absolute Gasteiger partial charge is 0.377 e. The van der Waals surface area contributed by atoms with Gasteiger partial charge in [0.2, 0.25) is 0 Å². The molecule has 3 nitrogen and oxygen atoms in total. The number of fused-ring (bicyclic) bond motifs is 1. The summed E-state index contributed by atoms with van der Waals surface area (Å²) in [6.45, 7) is 5.72. The van der Waals surface area contributed by atoms with Crippen LogP contribution in [0.3, 0.4) is 0 Å². The summed E-state index contributed by atoms with van der Waals surface area (Å²) in [5, 5.41) is 0. The molecule has 1 aliphatic rings. The molecule has 0 bridgehead atoms. The van der Waals surface area contributed by atoms with Crippen LogP contribution in [0.5, 0.6) is 0 Å². The molecule has 1 aromatic rings. The van der Waals surface area contributed by atoms with Gasteiger partial charge >= 0.3 is 0 Å². The first-order chi connectivity index (χ1) is 9.76. The number of hydrogen-bond donors (Lipinski definition) is 1. The van der Waals surface area contributed by atoms with Crippen LogP contribution in [0.2, 0.25) is 0 Å². The summed E-state index contributed by atoms with van der Waals surface area (Å²) in [6.07, 6.45) is 4.22. The first-order valence-electron chi connectivity index (χ1n) is 7.82. The molecule has 1 aliphatic heterocycles. The number of rotatable bonds is 7. The van der Waals surface area contributed by atoms with E-state index in [0.717, 1.165) is 38.9 Å². The highest BCUT2D eigenvalue weighted by Gasteiger charge is 2.26. The summed E-state index contributed by atoms with van der Waals surface area (Å²) < 4.78 is 11.7. The average molecular weight is 277 g/mol. The van der Waals surface area contributed by atoms with Gasteiger partial charge in [-0.15, -0.1) is 0 Å². The molecule has 2 N–H and O–H groups in total. The quantitative estimate of drug-likeness (QED) is 0.832. The highest BCUT2D eigenvalue weighted by Crippen LogP contribution is 2.31. The molecular weight excluding hydrogens is 250 g/mol. The van der Waals surface area contributed by atoms with Gasteiger partial charge in [-0.2, -0.15) is 0 Å². The molecule has 0 fully saturated rings.